The van der Waals surface area contributed by atoms with Crippen LogP contribution in [0.3, 0.4) is 0 Å². The van der Waals surface area contributed by atoms with Crippen molar-refractivity contribution in [1.29, 1.82) is 0 Å². The number of amides is 1. The van der Waals surface area contributed by atoms with Crippen LogP contribution < -0.4 is 10.6 Å². The van der Waals surface area contributed by atoms with Crippen LogP contribution in [-0.2, 0) is 19.6 Å². The maximum absolute atomic E-state index is 12.4. The number of halogens is 1. The van der Waals surface area contributed by atoms with Crippen LogP contribution in [0.15, 0.2) is 4.99 Å². The maximum Gasteiger partial charge on any atom is 0.222 e. The number of guanidine groups is 1. The number of nitrogens with zero attached hydrogens (tertiary/aromatic N) is 3. The summed E-state index contributed by atoms with van der Waals surface area (Å²) in [6, 6.07) is 0. The summed E-state index contributed by atoms with van der Waals surface area (Å²) in [5, 5.41) is 6.08. The lowest BCUT2D eigenvalue weighted by atomic mass is 10.2. The van der Waals surface area contributed by atoms with E-state index in [0.29, 0.717) is 39.3 Å². The van der Waals surface area contributed by atoms with Crippen LogP contribution in [-0.4, -0.2) is 93.8 Å². The predicted molar refractivity (Wildman–Crippen MR) is 127 cm³/mol. The molecule has 1 aliphatic heterocycles. The fourth-order valence-corrected chi connectivity index (χ4v) is 3.95. The number of carbonyl (C=O) groups is 1. The Hall–Kier alpha value is -0.660. The predicted octanol–water partition coefficient (Wildman–Crippen LogP) is 0.715. The second-order valence-corrected chi connectivity index (χ2v) is 9.39. The van der Waals surface area contributed by atoms with Crippen molar-refractivity contribution in [2.75, 3.05) is 58.2 Å². The van der Waals surface area contributed by atoms with Crippen molar-refractivity contribution >= 4 is 45.9 Å². The van der Waals surface area contributed by atoms with E-state index in [-0.39, 0.29) is 54.3 Å². The Bertz CT molecular complexity index is 605. The fraction of sp³-hybridized carbons (Fsp3) is 0.889. The van der Waals surface area contributed by atoms with Crippen LogP contribution in [0, 0.1) is 5.92 Å². The smallest absolute Gasteiger partial charge is 0.222 e. The third-order valence-electron chi connectivity index (χ3n) is 4.26. The summed E-state index contributed by atoms with van der Waals surface area (Å²) < 4.78 is 31.8. The number of carbonyl (C=O) groups excluding carboxylic acids is 1. The Labute approximate surface area is 193 Å². The summed E-state index contributed by atoms with van der Waals surface area (Å²) in [7, 11) is -3.31. The highest BCUT2D eigenvalue weighted by Gasteiger charge is 2.28. The van der Waals surface area contributed by atoms with Crippen molar-refractivity contribution in [1.82, 2.24) is 19.8 Å². The maximum atomic E-state index is 12.4. The molecular weight excluding hydrogens is 509 g/mol. The minimum atomic E-state index is -3.31. The van der Waals surface area contributed by atoms with E-state index < -0.39 is 10.0 Å². The summed E-state index contributed by atoms with van der Waals surface area (Å²) in [5.41, 5.74) is 0. The summed E-state index contributed by atoms with van der Waals surface area (Å²) in [6.45, 7) is 13.4. The highest BCUT2D eigenvalue weighted by atomic mass is 127. The van der Waals surface area contributed by atoms with Crippen LogP contribution in [0.5, 0.6) is 0 Å². The third-order valence-corrected chi connectivity index (χ3v) is 6.09. The Balaban J connectivity index is 0.00000784. The average molecular weight is 548 g/mol. The van der Waals surface area contributed by atoms with Gasteiger partial charge >= 0.3 is 0 Å². The molecule has 1 saturated heterocycles. The molecule has 1 aliphatic rings. The molecule has 29 heavy (non-hydrogen) atoms. The zero-order valence-corrected chi connectivity index (χ0v) is 21.5. The number of sulfonamides is 1. The monoisotopic (exact) mass is 547 g/mol. The molecule has 1 rings (SSSR count). The van der Waals surface area contributed by atoms with E-state index in [1.807, 2.05) is 34.6 Å². The molecule has 0 aromatic carbocycles. The Morgan fingerprint density at radius 1 is 1.10 bits per heavy atom. The lowest BCUT2D eigenvalue weighted by Crippen LogP contribution is -2.54. The first-order valence-electron chi connectivity index (χ1n) is 10.1. The van der Waals surface area contributed by atoms with Gasteiger partial charge in [0, 0.05) is 45.2 Å². The quantitative estimate of drug-likeness (QED) is 0.181. The van der Waals surface area contributed by atoms with Gasteiger partial charge in [-0.25, -0.2) is 8.42 Å². The molecule has 0 saturated carbocycles. The number of nitrogens with one attached hydrogen (secondary N) is 2. The van der Waals surface area contributed by atoms with Crippen molar-refractivity contribution in [2.45, 2.75) is 40.7 Å². The second kappa shape index (κ2) is 14.4. The van der Waals surface area contributed by atoms with Gasteiger partial charge in [0.1, 0.15) is 0 Å². The number of ether oxygens (including phenoxy) is 1. The molecule has 0 bridgehead atoms. The molecule has 2 N–H and O–H groups in total. The molecule has 0 atom stereocenters. The van der Waals surface area contributed by atoms with Gasteiger partial charge in [-0.2, -0.15) is 4.31 Å². The first-order chi connectivity index (χ1) is 13.2. The van der Waals surface area contributed by atoms with Gasteiger partial charge in [-0.1, -0.05) is 13.8 Å². The van der Waals surface area contributed by atoms with E-state index in [1.54, 1.807) is 0 Å². The molecule has 0 unspecified atom stereocenters. The molecule has 11 heteroatoms. The lowest BCUT2D eigenvalue weighted by Gasteiger charge is -2.36. The standard InChI is InChI=1S/C18H37N5O4S.HI/c1-6-19-18(21-8-7-20-17(24)15(2)3)22-9-11-23(12-10-22)28(25,26)14-13-27-16(4)5;/h15-16H,6-14H2,1-5H3,(H,19,21)(H,20,24);1H. The molecule has 0 spiro atoms. The summed E-state index contributed by atoms with van der Waals surface area (Å²) in [5.74, 6) is 0.731. The van der Waals surface area contributed by atoms with Crippen molar-refractivity contribution < 1.29 is 17.9 Å². The van der Waals surface area contributed by atoms with E-state index in [2.05, 4.69) is 20.5 Å². The molecule has 0 aromatic heterocycles. The number of hydrogen-bond acceptors (Lipinski definition) is 5. The highest BCUT2D eigenvalue weighted by molar-refractivity contribution is 14.0. The molecule has 9 nitrogen and oxygen atoms in total. The number of rotatable bonds is 10. The van der Waals surface area contributed by atoms with Crippen molar-refractivity contribution in [3.05, 3.63) is 0 Å². The minimum Gasteiger partial charge on any atom is -0.378 e. The van der Waals surface area contributed by atoms with Crippen LogP contribution in [0.4, 0.5) is 0 Å². The molecule has 172 valence electrons. The summed E-state index contributed by atoms with van der Waals surface area (Å²) in [6.07, 6.45) is 0.0243. The summed E-state index contributed by atoms with van der Waals surface area (Å²) in [4.78, 5) is 18.2. The normalized spacial score (nSPS) is 16.1. The van der Waals surface area contributed by atoms with E-state index in [9.17, 15) is 13.2 Å². The molecule has 0 aliphatic carbocycles. The van der Waals surface area contributed by atoms with Gasteiger partial charge < -0.3 is 20.3 Å². The highest BCUT2D eigenvalue weighted by Crippen LogP contribution is 2.09. The van der Waals surface area contributed by atoms with E-state index in [1.165, 1.54) is 4.31 Å². The van der Waals surface area contributed by atoms with Gasteiger partial charge in [-0.15, -0.1) is 24.0 Å². The number of piperazine rings is 1. The van der Waals surface area contributed by atoms with Gasteiger partial charge in [-0.05, 0) is 20.8 Å². The zero-order valence-electron chi connectivity index (χ0n) is 18.3. The molecule has 0 radical (unpaired) electrons. The van der Waals surface area contributed by atoms with Crippen LogP contribution in [0.2, 0.25) is 0 Å². The van der Waals surface area contributed by atoms with Crippen LogP contribution in [0.1, 0.15) is 34.6 Å². The van der Waals surface area contributed by atoms with E-state index >= 15 is 0 Å². The molecule has 1 fully saturated rings. The van der Waals surface area contributed by atoms with Crippen LogP contribution in [0.25, 0.3) is 0 Å². The number of hydrogen-bond donors (Lipinski definition) is 2. The molecule has 1 heterocycles. The first-order valence-corrected chi connectivity index (χ1v) is 11.7. The van der Waals surface area contributed by atoms with Gasteiger partial charge in [0.05, 0.1) is 25.0 Å². The number of aliphatic imine (C=N–C) groups is 1. The Kier molecular flexibility index (Phi) is 14.0. The van der Waals surface area contributed by atoms with Gasteiger partial charge in [-0.3, -0.25) is 9.79 Å². The first kappa shape index (κ1) is 28.3. The van der Waals surface area contributed by atoms with Crippen molar-refractivity contribution in [3.63, 3.8) is 0 Å². The van der Waals surface area contributed by atoms with E-state index in [4.69, 9.17) is 4.74 Å². The topological polar surface area (TPSA) is 103 Å². The minimum absolute atomic E-state index is 0. The van der Waals surface area contributed by atoms with Crippen LogP contribution >= 0.6 is 24.0 Å². The fourth-order valence-electron chi connectivity index (χ4n) is 2.67. The Morgan fingerprint density at radius 2 is 1.72 bits per heavy atom. The lowest BCUT2D eigenvalue weighted by molar-refractivity contribution is -0.123. The van der Waals surface area contributed by atoms with Gasteiger partial charge in [0.15, 0.2) is 5.96 Å². The molecular formula is C18H38IN5O4S. The third kappa shape index (κ3) is 10.8. The summed E-state index contributed by atoms with van der Waals surface area (Å²) >= 11 is 0. The zero-order chi connectivity index (χ0) is 21.2. The van der Waals surface area contributed by atoms with E-state index in [0.717, 1.165) is 12.5 Å². The largest absolute Gasteiger partial charge is 0.378 e. The molecule has 0 aromatic rings. The SMILES string of the molecule is CCNC(=NCCNC(=O)C(C)C)N1CCN(S(=O)(=O)CCOC(C)C)CC1.I. The second-order valence-electron chi connectivity index (χ2n) is 7.30. The van der Waals surface area contributed by atoms with Crippen molar-refractivity contribution in [2.24, 2.45) is 10.9 Å². The van der Waals surface area contributed by atoms with Crippen molar-refractivity contribution in [3.8, 4) is 0 Å². The Morgan fingerprint density at radius 3 is 2.24 bits per heavy atom. The average Bonchev–Trinajstić information content (AvgIpc) is 2.63. The van der Waals surface area contributed by atoms with Gasteiger partial charge in [0.2, 0.25) is 15.9 Å². The molecule has 1 amide bonds. The van der Waals surface area contributed by atoms with Gasteiger partial charge in [0.25, 0.3) is 0 Å².